The molecule has 0 fully saturated rings. The number of thioether (sulfide) groups is 1. The predicted octanol–water partition coefficient (Wildman–Crippen LogP) is 5.29. The first-order valence-electron chi connectivity index (χ1n) is 9.34. The van der Waals surface area contributed by atoms with Crippen molar-refractivity contribution in [3.8, 4) is 5.75 Å². The van der Waals surface area contributed by atoms with Crippen molar-refractivity contribution < 1.29 is 19.1 Å². The Balaban J connectivity index is 2.28. The lowest BCUT2D eigenvalue weighted by atomic mass is 10.2. The molecule has 33 heavy (non-hydrogen) atoms. The van der Waals surface area contributed by atoms with Crippen LogP contribution in [0.4, 0.5) is 0 Å². The first kappa shape index (κ1) is 26.3. The van der Waals surface area contributed by atoms with Crippen LogP contribution < -0.4 is 15.5 Å². The fourth-order valence-corrected chi connectivity index (χ4v) is 4.30. The number of nitrogens with one attached hydrogen (secondary N) is 2. The van der Waals surface area contributed by atoms with E-state index in [9.17, 15) is 14.4 Å². The summed E-state index contributed by atoms with van der Waals surface area (Å²) in [6.45, 7) is 5.76. The summed E-state index contributed by atoms with van der Waals surface area (Å²) in [5.74, 6) is -0.859. The molecular weight excluding hydrogens is 574 g/mol. The number of carbonyl (C=O) groups excluding carboxylic acids is 3. The van der Waals surface area contributed by atoms with Gasteiger partial charge in [0.2, 0.25) is 0 Å². The Labute approximate surface area is 212 Å². The van der Waals surface area contributed by atoms with Gasteiger partial charge in [-0.05, 0) is 58.6 Å². The SMILES string of the molecule is C=CSC(=C\C)/C=C(\NC(=O)c1ccccc1)C(=O)N/N=C/c1cc(Br)cc(Br)c1OC=O. The average molecular weight is 593 g/mol. The van der Waals surface area contributed by atoms with E-state index in [1.165, 1.54) is 24.1 Å². The lowest BCUT2D eigenvalue weighted by Gasteiger charge is -2.10. The number of hydrazone groups is 1. The quantitative estimate of drug-likeness (QED) is 0.128. The molecule has 2 aromatic carbocycles. The van der Waals surface area contributed by atoms with Crippen molar-refractivity contribution in [1.29, 1.82) is 0 Å². The number of ether oxygens (including phenoxy) is 1. The molecule has 0 saturated carbocycles. The van der Waals surface area contributed by atoms with Gasteiger partial charge in [0.15, 0.2) is 5.75 Å². The standard InChI is InChI=1S/C23H19Br2N3O4S/c1-3-18(33-4-2)12-20(27-22(30)15-8-6-5-7-9-15)23(31)28-26-13-16-10-17(24)11-19(25)21(16)32-14-29/h3-14H,2H2,1H3,(H,27,30)(H,28,31)/b18-3-,20-12-,26-13+. The van der Waals surface area contributed by atoms with Crippen LogP contribution in [-0.4, -0.2) is 24.5 Å². The van der Waals surface area contributed by atoms with E-state index in [4.69, 9.17) is 4.74 Å². The van der Waals surface area contributed by atoms with Gasteiger partial charge >= 0.3 is 0 Å². The summed E-state index contributed by atoms with van der Waals surface area (Å²) in [4.78, 5) is 36.9. The summed E-state index contributed by atoms with van der Waals surface area (Å²) in [7, 11) is 0. The molecule has 0 atom stereocenters. The van der Waals surface area contributed by atoms with Crippen molar-refractivity contribution in [2.45, 2.75) is 6.92 Å². The molecule has 10 heteroatoms. The normalized spacial score (nSPS) is 11.7. The molecule has 2 rings (SSSR count). The minimum absolute atomic E-state index is 0.0109. The van der Waals surface area contributed by atoms with Gasteiger partial charge in [-0.1, -0.05) is 58.5 Å². The summed E-state index contributed by atoms with van der Waals surface area (Å²) in [5, 5.41) is 8.17. The summed E-state index contributed by atoms with van der Waals surface area (Å²) >= 11 is 7.95. The highest BCUT2D eigenvalue weighted by atomic mass is 79.9. The van der Waals surface area contributed by atoms with E-state index < -0.39 is 11.8 Å². The number of allylic oxidation sites excluding steroid dienone is 2. The molecule has 2 amide bonds. The molecule has 2 aromatic rings. The van der Waals surface area contributed by atoms with E-state index in [-0.39, 0.29) is 11.4 Å². The molecule has 0 radical (unpaired) electrons. The fraction of sp³-hybridized carbons (Fsp3) is 0.0435. The Hall–Kier alpha value is -2.95. The van der Waals surface area contributed by atoms with Crippen molar-refractivity contribution in [2.24, 2.45) is 5.10 Å². The minimum Gasteiger partial charge on any atom is -0.427 e. The largest absolute Gasteiger partial charge is 0.427 e. The molecule has 170 valence electrons. The second-order valence-corrected chi connectivity index (χ2v) is 8.88. The molecule has 0 aliphatic heterocycles. The highest BCUT2D eigenvalue weighted by Crippen LogP contribution is 2.31. The van der Waals surface area contributed by atoms with E-state index in [2.05, 4.69) is 54.3 Å². The zero-order valence-electron chi connectivity index (χ0n) is 17.4. The van der Waals surface area contributed by atoms with Crippen molar-refractivity contribution in [3.05, 3.63) is 97.3 Å². The number of halogens is 2. The van der Waals surface area contributed by atoms with Crippen LogP contribution in [0.3, 0.4) is 0 Å². The maximum atomic E-state index is 12.8. The molecule has 0 aromatic heterocycles. The van der Waals surface area contributed by atoms with Gasteiger partial charge in [-0.15, -0.1) is 0 Å². The van der Waals surface area contributed by atoms with Crippen molar-refractivity contribution in [3.63, 3.8) is 0 Å². The van der Waals surface area contributed by atoms with Crippen molar-refractivity contribution >= 4 is 68.1 Å². The monoisotopic (exact) mass is 591 g/mol. The van der Waals surface area contributed by atoms with Crippen LogP contribution in [0.2, 0.25) is 0 Å². The van der Waals surface area contributed by atoms with Gasteiger partial charge in [-0.3, -0.25) is 14.4 Å². The maximum Gasteiger partial charge on any atom is 0.298 e. The Morgan fingerprint density at radius 2 is 1.91 bits per heavy atom. The van der Waals surface area contributed by atoms with E-state index >= 15 is 0 Å². The second kappa shape index (κ2) is 13.6. The Morgan fingerprint density at radius 3 is 2.55 bits per heavy atom. The molecule has 0 aliphatic rings. The lowest BCUT2D eigenvalue weighted by molar-refractivity contribution is -0.121. The Kier molecular flexibility index (Phi) is 10.8. The van der Waals surface area contributed by atoms with Crippen molar-refractivity contribution in [1.82, 2.24) is 10.7 Å². The predicted molar refractivity (Wildman–Crippen MR) is 138 cm³/mol. The number of amides is 2. The average Bonchev–Trinajstić information content (AvgIpc) is 2.80. The molecular formula is C23H19Br2N3O4S. The highest BCUT2D eigenvalue weighted by Gasteiger charge is 2.15. The molecule has 0 heterocycles. The summed E-state index contributed by atoms with van der Waals surface area (Å²) in [6, 6.07) is 11.9. The summed E-state index contributed by atoms with van der Waals surface area (Å²) in [6.07, 6.45) is 4.62. The third-order valence-corrected chi connectivity index (χ3v) is 5.73. The van der Waals surface area contributed by atoms with Crippen LogP contribution >= 0.6 is 43.6 Å². The van der Waals surface area contributed by atoms with Crippen LogP contribution in [0, 0.1) is 0 Å². The number of benzene rings is 2. The fourth-order valence-electron chi connectivity index (χ4n) is 2.44. The summed E-state index contributed by atoms with van der Waals surface area (Å²) in [5.41, 5.74) is 3.19. The van der Waals surface area contributed by atoms with E-state index in [0.29, 0.717) is 31.4 Å². The molecule has 0 unspecified atom stereocenters. The number of carbonyl (C=O) groups is 3. The molecule has 0 aliphatic carbocycles. The summed E-state index contributed by atoms with van der Waals surface area (Å²) < 4.78 is 6.21. The van der Waals surface area contributed by atoms with E-state index in [0.717, 1.165) is 0 Å². The van der Waals surface area contributed by atoms with Crippen LogP contribution in [0.5, 0.6) is 5.75 Å². The van der Waals surface area contributed by atoms with Gasteiger partial charge in [0.25, 0.3) is 18.3 Å². The zero-order valence-corrected chi connectivity index (χ0v) is 21.4. The van der Waals surface area contributed by atoms with Crippen molar-refractivity contribution in [2.75, 3.05) is 0 Å². The van der Waals surface area contributed by atoms with Gasteiger partial charge in [0.1, 0.15) is 5.70 Å². The zero-order chi connectivity index (χ0) is 24.2. The van der Waals surface area contributed by atoms with Crippen LogP contribution in [0.25, 0.3) is 0 Å². The first-order valence-corrected chi connectivity index (χ1v) is 11.8. The van der Waals surface area contributed by atoms with Gasteiger partial charge in [-0.2, -0.15) is 5.10 Å². The van der Waals surface area contributed by atoms with Gasteiger partial charge in [0, 0.05) is 20.5 Å². The molecule has 0 spiro atoms. The highest BCUT2D eigenvalue weighted by molar-refractivity contribution is 9.11. The topological polar surface area (TPSA) is 96.9 Å². The number of rotatable bonds is 10. The Bertz CT molecular complexity index is 1130. The second-order valence-electron chi connectivity index (χ2n) is 6.07. The molecule has 0 bridgehead atoms. The Morgan fingerprint density at radius 1 is 1.18 bits per heavy atom. The number of nitrogens with zero attached hydrogens (tertiary/aromatic N) is 1. The van der Waals surface area contributed by atoms with Gasteiger partial charge in [-0.25, -0.2) is 5.43 Å². The smallest absolute Gasteiger partial charge is 0.298 e. The van der Waals surface area contributed by atoms with E-state index in [1.807, 2.05) is 0 Å². The van der Waals surface area contributed by atoms with Crippen LogP contribution in [0.15, 0.2) is 91.3 Å². The number of hydrogen-bond acceptors (Lipinski definition) is 6. The molecule has 0 saturated heterocycles. The molecule has 7 nitrogen and oxygen atoms in total. The third kappa shape index (κ3) is 8.16. The molecule has 2 N–H and O–H groups in total. The van der Waals surface area contributed by atoms with Gasteiger partial charge in [0.05, 0.1) is 10.7 Å². The minimum atomic E-state index is -0.647. The van der Waals surface area contributed by atoms with Gasteiger partial charge < -0.3 is 10.1 Å². The first-order chi connectivity index (χ1) is 15.9. The number of hydrogen-bond donors (Lipinski definition) is 2. The third-order valence-electron chi connectivity index (χ3n) is 3.89. The van der Waals surface area contributed by atoms with E-state index in [1.54, 1.807) is 60.9 Å². The van der Waals surface area contributed by atoms with Crippen LogP contribution in [-0.2, 0) is 9.59 Å². The lowest BCUT2D eigenvalue weighted by Crippen LogP contribution is -2.33. The van der Waals surface area contributed by atoms with Crippen LogP contribution in [0.1, 0.15) is 22.8 Å². The maximum absolute atomic E-state index is 12.8.